The van der Waals surface area contributed by atoms with Crippen molar-refractivity contribution in [1.82, 2.24) is 4.90 Å². The van der Waals surface area contributed by atoms with Gasteiger partial charge in [0.1, 0.15) is 5.82 Å². The molecule has 4 heteroatoms. The van der Waals surface area contributed by atoms with Gasteiger partial charge in [-0.3, -0.25) is 4.90 Å². The number of benzene rings is 1. The number of nitrogens with zero attached hydrogens (tertiary/aromatic N) is 1. The summed E-state index contributed by atoms with van der Waals surface area (Å²) in [6, 6.07) is 6.82. The molecule has 2 unspecified atom stereocenters. The van der Waals surface area contributed by atoms with Gasteiger partial charge in [-0.25, -0.2) is 4.39 Å². The van der Waals surface area contributed by atoms with Crippen molar-refractivity contribution < 1.29 is 9.13 Å². The summed E-state index contributed by atoms with van der Waals surface area (Å²) in [5.74, 6) is -0.201. The molecule has 1 aromatic rings. The van der Waals surface area contributed by atoms with E-state index in [1.54, 1.807) is 13.2 Å². The topological polar surface area (TPSA) is 38.5 Å². The van der Waals surface area contributed by atoms with Crippen molar-refractivity contribution in [2.24, 2.45) is 5.73 Å². The van der Waals surface area contributed by atoms with E-state index in [0.29, 0.717) is 12.2 Å². The highest BCUT2D eigenvalue weighted by molar-refractivity contribution is 5.23. The fraction of sp³-hybridized carbons (Fsp3) is 0.600. The number of hydrogen-bond donors (Lipinski definition) is 1. The van der Waals surface area contributed by atoms with Crippen LogP contribution in [0.5, 0.6) is 0 Å². The summed E-state index contributed by atoms with van der Waals surface area (Å²) in [4.78, 5) is 2.19. The van der Waals surface area contributed by atoms with Crippen LogP contribution in [0.3, 0.4) is 0 Å². The molecule has 0 saturated heterocycles. The van der Waals surface area contributed by atoms with Crippen LogP contribution in [-0.2, 0) is 4.74 Å². The number of halogens is 1. The van der Waals surface area contributed by atoms with Crippen molar-refractivity contribution in [3.8, 4) is 0 Å². The third kappa shape index (κ3) is 4.27. The first kappa shape index (κ1) is 16.1. The molecule has 19 heavy (non-hydrogen) atoms. The molecule has 0 aliphatic rings. The average Bonchev–Trinajstić information content (AvgIpc) is 2.35. The minimum atomic E-state index is -0.201. The largest absolute Gasteiger partial charge is 0.383 e. The van der Waals surface area contributed by atoms with Gasteiger partial charge in [0.2, 0.25) is 0 Å². The lowest BCUT2D eigenvalue weighted by Crippen LogP contribution is -2.45. The maximum atomic E-state index is 14.0. The lowest BCUT2D eigenvalue weighted by Gasteiger charge is -2.37. The molecule has 2 atom stereocenters. The molecule has 1 aromatic carbocycles. The van der Waals surface area contributed by atoms with Gasteiger partial charge >= 0.3 is 0 Å². The molecule has 3 nitrogen and oxygen atoms in total. The highest BCUT2D eigenvalue weighted by Gasteiger charge is 2.27. The Kier molecular flexibility index (Phi) is 6.42. The zero-order valence-corrected chi connectivity index (χ0v) is 12.3. The van der Waals surface area contributed by atoms with E-state index >= 15 is 0 Å². The fourth-order valence-electron chi connectivity index (χ4n) is 2.39. The zero-order valence-electron chi connectivity index (χ0n) is 12.3. The van der Waals surface area contributed by atoms with Crippen LogP contribution in [0.1, 0.15) is 32.4 Å². The van der Waals surface area contributed by atoms with Crippen LogP contribution >= 0.6 is 0 Å². The van der Waals surface area contributed by atoms with E-state index in [4.69, 9.17) is 10.5 Å². The number of methoxy groups -OCH3 is 1. The first-order chi connectivity index (χ1) is 8.99. The van der Waals surface area contributed by atoms with E-state index < -0.39 is 0 Å². The first-order valence-electron chi connectivity index (χ1n) is 6.73. The molecular formula is C15H25FN2O. The van der Waals surface area contributed by atoms with E-state index in [9.17, 15) is 4.39 Å². The monoisotopic (exact) mass is 268 g/mol. The van der Waals surface area contributed by atoms with E-state index in [-0.39, 0.29) is 23.9 Å². The Morgan fingerprint density at radius 3 is 2.37 bits per heavy atom. The normalized spacial score (nSPS) is 14.9. The van der Waals surface area contributed by atoms with Crippen LogP contribution in [0.4, 0.5) is 4.39 Å². The lowest BCUT2D eigenvalue weighted by atomic mass is 9.97. The van der Waals surface area contributed by atoms with Crippen molar-refractivity contribution in [1.29, 1.82) is 0 Å². The van der Waals surface area contributed by atoms with E-state index in [0.717, 1.165) is 6.54 Å². The SMILES string of the molecule is COCCN(C(C)C)C(c1ccccc1F)C(C)N. The van der Waals surface area contributed by atoms with Gasteiger partial charge in [0.15, 0.2) is 0 Å². The molecule has 2 N–H and O–H groups in total. The van der Waals surface area contributed by atoms with Crippen LogP contribution in [-0.4, -0.2) is 37.2 Å². The van der Waals surface area contributed by atoms with Gasteiger partial charge in [-0.2, -0.15) is 0 Å². The molecular weight excluding hydrogens is 243 g/mol. The second-order valence-electron chi connectivity index (χ2n) is 5.15. The van der Waals surface area contributed by atoms with Crippen molar-refractivity contribution in [2.75, 3.05) is 20.3 Å². The summed E-state index contributed by atoms with van der Waals surface area (Å²) in [5, 5.41) is 0. The third-order valence-electron chi connectivity index (χ3n) is 3.30. The average molecular weight is 268 g/mol. The Bertz CT molecular complexity index is 382. The highest BCUT2D eigenvalue weighted by Crippen LogP contribution is 2.27. The predicted molar refractivity (Wildman–Crippen MR) is 76.5 cm³/mol. The van der Waals surface area contributed by atoms with Crippen LogP contribution in [0.25, 0.3) is 0 Å². The summed E-state index contributed by atoms with van der Waals surface area (Å²) >= 11 is 0. The molecule has 0 saturated carbocycles. The molecule has 0 radical (unpaired) electrons. The molecule has 0 bridgehead atoms. The quantitative estimate of drug-likeness (QED) is 0.826. The third-order valence-corrected chi connectivity index (χ3v) is 3.30. The Hall–Kier alpha value is -0.970. The summed E-state index contributed by atoms with van der Waals surface area (Å²) in [6.45, 7) is 7.43. The van der Waals surface area contributed by atoms with Crippen LogP contribution in [0, 0.1) is 5.82 Å². The predicted octanol–water partition coefficient (Wildman–Crippen LogP) is 2.57. The minimum Gasteiger partial charge on any atom is -0.383 e. The smallest absolute Gasteiger partial charge is 0.128 e. The highest BCUT2D eigenvalue weighted by atomic mass is 19.1. The van der Waals surface area contributed by atoms with Gasteiger partial charge in [-0.1, -0.05) is 18.2 Å². The Balaban J connectivity index is 3.07. The van der Waals surface area contributed by atoms with E-state index in [1.165, 1.54) is 6.07 Å². The number of hydrogen-bond acceptors (Lipinski definition) is 3. The second-order valence-corrected chi connectivity index (χ2v) is 5.15. The molecule has 0 aromatic heterocycles. The standard InChI is InChI=1S/C15H25FN2O/c1-11(2)18(9-10-19-4)15(12(3)17)13-7-5-6-8-14(13)16/h5-8,11-12,15H,9-10,17H2,1-4H3. The maximum absolute atomic E-state index is 14.0. The fourth-order valence-corrected chi connectivity index (χ4v) is 2.39. The van der Waals surface area contributed by atoms with Gasteiger partial charge in [-0.15, -0.1) is 0 Å². The van der Waals surface area contributed by atoms with Crippen LogP contribution in [0.15, 0.2) is 24.3 Å². The number of nitrogens with two attached hydrogens (primary N) is 1. The zero-order chi connectivity index (χ0) is 14.4. The first-order valence-corrected chi connectivity index (χ1v) is 6.73. The summed E-state index contributed by atoms with van der Waals surface area (Å²) < 4.78 is 19.2. The Labute approximate surface area is 115 Å². The van der Waals surface area contributed by atoms with Gasteiger partial charge in [-0.05, 0) is 26.8 Å². The van der Waals surface area contributed by atoms with Crippen LogP contribution < -0.4 is 5.73 Å². The van der Waals surface area contributed by atoms with Gasteiger partial charge in [0.05, 0.1) is 12.6 Å². The number of ether oxygens (including phenoxy) is 1. The molecule has 0 amide bonds. The molecule has 1 rings (SSSR count). The van der Waals surface area contributed by atoms with Gasteiger partial charge < -0.3 is 10.5 Å². The molecule has 0 spiro atoms. The Morgan fingerprint density at radius 2 is 1.89 bits per heavy atom. The minimum absolute atomic E-state index is 0.142. The van der Waals surface area contributed by atoms with Gasteiger partial charge in [0, 0.05) is 31.3 Å². The summed E-state index contributed by atoms with van der Waals surface area (Å²) in [7, 11) is 1.67. The number of rotatable bonds is 7. The lowest BCUT2D eigenvalue weighted by molar-refractivity contribution is 0.0848. The van der Waals surface area contributed by atoms with Crippen molar-refractivity contribution in [2.45, 2.75) is 38.9 Å². The summed E-state index contributed by atoms with van der Waals surface area (Å²) in [5.41, 5.74) is 6.75. The van der Waals surface area contributed by atoms with E-state index in [2.05, 4.69) is 18.7 Å². The summed E-state index contributed by atoms with van der Waals surface area (Å²) in [6.07, 6.45) is 0. The molecule has 0 heterocycles. The molecule has 0 fully saturated rings. The molecule has 108 valence electrons. The molecule has 0 aliphatic carbocycles. The van der Waals surface area contributed by atoms with Crippen LogP contribution in [0.2, 0.25) is 0 Å². The van der Waals surface area contributed by atoms with Crippen molar-refractivity contribution in [3.63, 3.8) is 0 Å². The Morgan fingerprint density at radius 1 is 1.26 bits per heavy atom. The van der Waals surface area contributed by atoms with Crippen molar-refractivity contribution in [3.05, 3.63) is 35.6 Å². The second kappa shape index (κ2) is 7.58. The van der Waals surface area contributed by atoms with Gasteiger partial charge in [0.25, 0.3) is 0 Å². The van der Waals surface area contributed by atoms with E-state index in [1.807, 2.05) is 19.1 Å². The maximum Gasteiger partial charge on any atom is 0.128 e. The molecule has 0 aliphatic heterocycles. The van der Waals surface area contributed by atoms with Crippen molar-refractivity contribution >= 4 is 0 Å².